The van der Waals surface area contributed by atoms with Crippen molar-refractivity contribution in [2.45, 2.75) is 38.3 Å². The van der Waals surface area contributed by atoms with Gasteiger partial charge in [0.05, 0.1) is 0 Å². The van der Waals surface area contributed by atoms with E-state index in [0.717, 1.165) is 5.56 Å². The van der Waals surface area contributed by atoms with E-state index >= 15 is 0 Å². The number of rotatable bonds is 6. The van der Waals surface area contributed by atoms with Crippen LogP contribution < -0.4 is 5.73 Å². The monoisotopic (exact) mass is 281 g/mol. The van der Waals surface area contributed by atoms with Crippen LogP contribution in [0, 0.1) is 0 Å². The number of carbonyl (C=O) groups excluding carboxylic acids is 1. The van der Waals surface area contributed by atoms with Crippen molar-refractivity contribution in [3.8, 4) is 0 Å². The molecule has 104 valence electrons. The Hall–Kier alpha value is -1.32. The first kappa shape index (κ1) is 15.7. The molecule has 0 heterocycles. The molecule has 1 atom stereocenters. The smallest absolute Gasteiger partial charge is 0.323 e. The molecule has 1 rings (SSSR count). The fourth-order valence-corrected chi connectivity index (χ4v) is 1.88. The Morgan fingerprint density at radius 2 is 2.05 bits per heavy atom. The molecular weight excluding hydrogens is 262 g/mol. The lowest BCUT2D eigenvalue weighted by Crippen LogP contribution is -2.39. The molecule has 0 fully saturated rings. The van der Waals surface area contributed by atoms with Crippen LogP contribution >= 0.6 is 11.6 Å². The van der Waals surface area contributed by atoms with Gasteiger partial charge in [0.2, 0.25) is 0 Å². The van der Waals surface area contributed by atoms with E-state index in [2.05, 4.69) is 6.58 Å². The van der Waals surface area contributed by atoms with Gasteiger partial charge < -0.3 is 10.5 Å². The maximum absolute atomic E-state index is 11.8. The third kappa shape index (κ3) is 5.45. The van der Waals surface area contributed by atoms with E-state index < -0.39 is 17.6 Å². The number of ether oxygens (including phenoxy) is 1. The van der Waals surface area contributed by atoms with Gasteiger partial charge >= 0.3 is 5.97 Å². The van der Waals surface area contributed by atoms with Crippen molar-refractivity contribution in [3.05, 3.63) is 47.5 Å². The van der Waals surface area contributed by atoms with Crippen molar-refractivity contribution < 1.29 is 9.53 Å². The van der Waals surface area contributed by atoms with Crippen molar-refractivity contribution in [1.29, 1.82) is 0 Å². The van der Waals surface area contributed by atoms with Gasteiger partial charge in [-0.2, -0.15) is 0 Å². The van der Waals surface area contributed by atoms with Crippen molar-refractivity contribution in [2.24, 2.45) is 5.73 Å². The van der Waals surface area contributed by atoms with Gasteiger partial charge in [-0.1, -0.05) is 29.8 Å². The van der Waals surface area contributed by atoms with E-state index in [0.29, 0.717) is 17.9 Å². The van der Waals surface area contributed by atoms with Gasteiger partial charge in [-0.05, 0) is 38.0 Å². The van der Waals surface area contributed by atoms with Gasteiger partial charge in [-0.3, -0.25) is 4.79 Å². The Kier molecular flexibility index (Phi) is 5.58. The van der Waals surface area contributed by atoms with Crippen molar-refractivity contribution in [2.75, 3.05) is 0 Å². The molecule has 2 N–H and O–H groups in total. The minimum Gasteiger partial charge on any atom is -0.458 e. The molecule has 0 saturated carbocycles. The van der Waals surface area contributed by atoms with Crippen LogP contribution in [0.25, 0.3) is 0 Å². The molecule has 0 bridgehead atoms. The van der Waals surface area contributed by atoms with Gasteiger partial charge in [0.15, 0.2) is 0 Å². The Balaban J connectivity index is 2.62. The average Bonchev–Trinajstić information content (AvgIpc) is 2.31. The lowest BCUT2D eigenvalue weighted by molar-refractivity contribution is -0.157. The number of benzene rings is 1. The molecule has 1 aromatic rings. The van der Waals surface area contributed by atoms with Crippen LogP contribution in [-0.2, 0) is 16.0 Å². The molecule has 1 aromatic carbocycles. The zero-order chi connectivity index (χ0) is 14.5. The van der Waals surface area contributed by atoms with Crippen molar-refractivity contribution in [3.63, 3.8) is 0 Å². The molecule has 1 unspecified atom stereocenters. The Labute approximate surface area is 119 Å². The molecule has 0 aliphatic heterocycles. The molecule has 0 spiro atoms. The zero-order valence-electron chi connectivity index (χ0n) is 11.4. The van der Waals surface area contributed by atoms with Crippen LogP contribution in [-0.4, -0.2) is 17.6 Å². The summed E-state index contributed by atoms with van der Waals surface area (Å²) in [4.78, 5) is 11.8. The molecule has 0 aromatic heterocycles. The van der Waals surface area contributed by atoms with Crippen LogP contribution in [0.4, 0.5) is 0 Å². The summed E-state index contributed by atoms with van der Waals surface area (Å²) in [5.74, 6) is -0.404. The molecule has 0 aliphatic carbocycles. The normalized spacial score (nSPS) is 12.8. The number of esters is 1. The predicted molar refractivity (Wildman–Crippen MR) is 78.1 cm³/mol. The summed E-state index contributed by atoms with van der Waals surface area (Å²) in [6.45, 7) is 7.28. The first-order chi connectivity index (χ1) is 8.84. The van der Waals surface area contributed by atoms with Gasteiger partial charge in [0, 0.05) is 11.4 Å². The summed E-state index contributed by atoms with van der Waals surface area (Å²) in [7, 11) is 0. The van der Waals surface area contributed by atoms with Crippen molar-refractivity contribution >= 4 is 17.6 Å². The molecule has 0 amide bonds. The topological polar surface area (TPSA) is 52.3 Å². The van der Waals surface area contributed by atoms with E-state index in [9.17, 15) is 4.79 Å². The van der Waals surface area contributed by atoms with Gasteiger partial charge in [0.1, 0.15) is 11.6 Å². The van der Waals surface area contributed by atoms with Crippen molar-refractivity contribution in [1.82, 2.24) is 0 Å². The SMILES string of the molecule is C=CCC(N)C(=O)OC(C)(C)Cc1ccc(Cl)cc1. The summed E-state index contributed by atoms with van der Waals surface area (Å²) in [5.41, 5.74) is 6.13. The van der Waals surface area contributed by atoms with E-state index in [-0.39, 0.29) is 0 Å². The number of carbonyl (C=O) groups is 1. The fraction of sp³-hybridized carbons (Fsp3) is 0.400. The molecule has 0 radical (unpaired) electrons. The summed E-state index contributed by atoms with van der Waals surface area (Å²) in [6.07, 6.45) is 2.63. The maximum atomic E-state index is 11.8. The zero-order valence-corrected chi connectivity index (χ0v) is 12.1. The van der Waals surface area contributed by atoms with Crippen LogP contribution in [0.3, 0.4) is 0 Å². The molecule has 4 heteroatoms. The van der Waals surface area contributed by atoms with E-state index in [1.54, 1.807) is 6.08 Å². The number of nitrogens with two attached hydrogens (primary N) is 1. The Morgan fingerprint density at radius 1 is 1.47 bits per heavy atom. The third-order valence-corrected chi connectivity index (χ3v) is 2.90. The van der Waals surface area contributed by atoms with E-state index in [1.807, 2.05) is 38.1 Å². The van der Waals surface area contributed by atoms with Gasteiger partial charge in [-0.15, -0.1) is 6.58 Å². The third-order valence-electron chi connectivity index (χ3n) is 2.64. The standard InChI is InChI=1S/C15H20ClNO2/c1-4-5-13(17)14(18)19-15(2,3)10-11-6-8-12(16)9-7-11/h4,6-9,13H,1,5,10,17H2,2-3H3. The second-order valence-electron chi connectivity index (χ2n) is 5.11. The van der Waals surface area contributed by atoms with Gasteiger partial charge in [-0.25, -0.2) is 0 Å². The molecule has 3 nitrogen and oxygen atoms in total. The second-order valence-corrected chi connectivity index (χ2v) is 5.55. The highest BCUT2D eigenvalue weighted by Crippen LogP contribution is 2.19. The summed E-state index contributed by atoms with van der Waals surface area (Å²) in [5, 5.41) is 0.687. The highest BCUT2D eigenvalue weighted by molar-refractivity contribution is 6.30. The van der Waals surface area contributed by atoms with E-state index in [4.69, 9.17) is 22.1 Å². The molecule has 0 aliphatic rings. The second kappa shape index (κ2) is 6.73. The van der Waals surface area contributed by atoms with Crippen LogP contribution in [0.2, 0.25) is 5.02 Å². The molecular formula is C15H20ClNO2. The first-order valence-corrected chi connectivity index (χ1v) is 6.55. The summed E-state index contributed by atoms with van der Waals surface area (Å²) in [6, 6.07) is 6.82. The van der Waals surface area contributed by atoms with Crippen LogP contribution in [0.5, 0.6) is 0 Å². The van der Waals surface area contributed by atoms with Gasteiger partial charge in [0.25, 0.3) is 0 Å². The highest BCUT2D eigenvalue weighted by Gasteiger charge is 2.26. The van der Waals surface area contributed by atoms with E-state index in [1.165, 1.54) is 0 Å². The highest BCUT2D eigenvalue weighted by atomic mass is 35.5. The summed E-state index contributed by atoms with van der Waals surface area (Å²) >= 11 is 5.83. The number of hydrogen-bond acceptors (Lipinski definition) is 3. The quantitative estimate of drug-likeness (QED) is 0.644. The molecule has 0 saturated heterocycles. The fourth-order valence-electron chi connectivity index (χ4n) is 1.75. The Morgan fingerprint density at radius 3 is 2.58 bits per heavy atom. The maximum Gasteiger partial charge on any atom is 0.323 e. The Bertz CT molecular complexity index is 440. The minimum absolute atomic E-state index is 0.404. The predicted octanol–water partition coefficient (Wildman–Crippen LogP) is 3.11. The number of halogens is 1. The number of hydrogen-bond donors (Lipinski definition) is 1. The first-order valence-electron chi connectivity index (χ1n) is 6.18. The molecule has 19 heavy (non-hydrogen) atoms. The average molecular weight is 282 g/mol. The minimum atomic E-state index is -0.651. The van der Waals surface area contributed by atoms with Crippen LogP contribution in [0.15, 0.2) is 36.9 Å². The lowest BCUT2D eigenvalue weighted by atomic mass is 9.98. The largest absolute Gasteiger partial charge is 0.458 e. The summed E-state index contributed by atoms with van der Waals surface area (Å²) < 4.78 is 5.44. The van der Waals surface area contributed by atoms with Crippen LogP contribution in [0.1, 0.15) is 25.8 Å². The lowest BCUT2D eigenvalue weighted by Gasteiger charge is -2.26.